The van der Waals surface area contributed by atoms with E-state index in [1.165, 1.54) is 29.3 Å². The summed E-state index contributed by atoms with van der Waals surface area (Å²) in [5, 5.41) is 16.7. The van der Waals surface area contributed by atoms with Crippen molar-refractivity contribution in [3.05, 3.63) is 80.9 Å². The average Bonchev–Trinajstić information content (AvgIpc) is 2.97. The minimum Gasteiger partial charge on any atom is -0.298 e. The second-order valence-electron chi connectivity index (χ2n) is 6.33. The largest absolute Gasteiger partial charge is 0.298 e. The van der Waals surface area contributed by atoms with Crippen LogP contribution in [0.15, 0.2) is 59.7 Å². The molecule has 8 nitrogen and oxygen atoms in total. The number of carbonyl (C=O) groups excluding carboxylic acids is 2. The van der Waals surface area contributed by atoms with Gasteiger partial charge in [-0.15, -0.1) is 0 Å². The van der Waals surface area contributed by atoms with Crippen LogP contribution >= 0.6 is 11.6 Å². The first-order chi connectivity index (χ1) is 14.0. The Morgan fingerprint density at radius 1 is 1.21 bits per heavy atom. The van der Waals surface area contributed by atoms with E-state index in [1.807, 2.05) is 18.2 Å². The molecule has 1 N–H and O–H groups in total. The van der Waals surface area contributed by atoms with Gasteiger partial charge in [-0.05, 0) is 23.6 Å². The summed E-state index contributed by atoms with van der Waals surface area (Å²) >= 11 is 5.99. The van der Waals surface area contributed by atoms with Gasteiger partial charge in [0.15, 0.2) is 0 Å². The molecule has 0 aliphatic carbocycles. The number of anilines is 1. The van der Waals surface area contributed by atoms with E-state index < -0.39 is 10.8 Å². The number of rotatable bonds is 5. The summed E-state index contributed by atoms with van der Waals surface area (Å²) in [6.07, 6.45) is 1.22. The Morgan fingerprint density at radius 3 is 2.72 bits per heavy atom. The molecule has 0 bridgehead atoms. The monoisotopic (exact) mass is 408 g/mol. The predicted octanol–water partition coefficient (Wildman–Crippen LogP) is 3.51. The fraction of sp³-hybridized carbons (Fsp3) is 0.0500. The second kappa shape index (κ2) is 7.33. The van der Waals surface area contributed by atoms with Crippen LogP contribution in [-0.4, -0.2) is 29.5 Å². The van der Waals surface area contributed by atoms with Gasteiger partial charge in [-0.2, -0.15) is 5.10 Å². The van der Waals surface area contributed by atoms with Gasteiger partial charge in [-0.25, -0.2) is 5.43 Å². The minimum absolute atomic E-state index is 0.143. The molecule has 0 spiro atoms. The van der Waals surface area contributed by atoms with E-state index in [0.717, 1.165) is 10.8 Å². The quantitative estimate of drug-likeness (QED) is 0.396. The molecule has 1 aliphatic rings. The van der Waals surface area contributed by atoms with Gasteiger partial charge in [0.2, 0.25) is 0 Å². The van der Waals surface area contributed by atoms with Crippen molar-refractivity contribution < 1.29 is 14.5 Å². The van der Waals surface area contributed by atoms with E-state index in [2.05, 4.69) is 10.5 Å². The molecular weight excluding hydrogens is 396 g/mol. The number of nitro groups is 1. The Morgan fingerprint density at radius 2 is 1.97 bits per heavy atom. The van der Waals surface area contributed by atoms with Crippen molar-refractivity contribution in [2.45, 2.75) is 0 Å². The maximum absolute atomic E-state index is 12.7. The standard InChI is InChI=1S/C20H13ClN4O4/c21-16-8-7-14(25(28)29)9-13(16)10-22-23-18(26)11-24-17-6-2-4-12-3-1-5-15(19(12)17)20(24)27/h1-10H,11H2,(H,23,26)/b22-10-. The first kappa shape index (κ1) is 18.6. The molecule has 0 saturated carbocycles. The molecule has 1 aliphatic heterocycles. The first-order valence-electron chi connectivity index (χ1n) is 8.55. The third-order valence-electron chi connectivity index (χ3n) is 4.53. The summed E-state index contributed by atoms with van der Waals surface area (Å²) in [4.78, 5) is 36.7. The zero-order valence-electron chi connectivity index (χ0n) is 14.8. The zero-order chi connectivity index (χ0) is 20.5. The number of hydrogen-bond acceptors (Lipinski definition) is 5. The first-order valence-corrected chi connectivity index (χ1v) is 8.93. The van der Waals surface area contributed by atoms with E-state index in [9.17, 15) is 19.7 Å². The minimum atomic E-state index is -0.552. The molecule has 0 fully saturated rings. The number of hydrogen-bond donors (Lipinski definition) is 1. The highest BCUT2D eigenvalue weighted by molar-refractivity contribution is 6.33. The van der Waals surface area contributed by atoms with Gasteiger partial charge in [0, 0.05) is 33.7 Å². The third-order valence-corrected chi connectivity index (χ3v) is 4.88. The summed E-state index contributed by atoms with van der Waals surface area (Å²) in [5.41, 5.74) is 3.69. The van der Waals surface area contributed by atoms with E-state index in [1.54, 1.807) is 18.2 Å². The molecule has 3 aromatic rings. The fourth-order valence-corrected chi connectivity index (χ4v) is 3.40. The molecule has 1 heterocycles. The Bertz CT molecular complexity index is 1200. The summed E-state index contributed by atoms with van der Waals surface area (Å²) < 4.78 is 0. The molecule has 0 aromatic heterocycles. The Balaban J connectivity index is 1.48. The third kappa shape index (κ3) is 3.41. The zero-order valence-corrected chi connectivity index (χ0v) is 15.6. The molecule has 0 saturated heterocycles. The highest BCUT2D eigenvalue weighted by Gasteiger charge is 2.30. The van der Waals surface area contributed by atoms with Gasteiger partial charge in [0.05, 0.1) is 16.8 Å². The lowest BCUT2D eigenvalue weighted by atomic mass is 10.1. The van der Waals surface area contributed by atoms with Crippen molar-refractivity contribution in [2.24, 2.45) is 5.10 Å². The summed E-state index contributed by atoms with van der Waals surface area (Å²) in [5.74, 6) is -0.765. The molecule has 0 unspecified atom stereocenters. The Hall–Kier alpha value is -3.78. The van der Waals surface area contributed by atoms with Gasteiger partial charge in [0.25, 0.3) is 17.5 Å². The van der Waals surface area contributed by atoms with Crippen LogP contribution in [0.2, 0.25) is 5.02 Å². The molecule has 4 rings (SSSR count). The Labute approximate surface area is 169 Å². The molecular formula is C20H13ClN4O4. The van der Waals surface area contributed by atoms with Crippen LogP contribution in [0, 0.1) is 10.1 Å². The number of carbonyl (C=O) groups is 2. The molecule has 0 radical (unpaired) electrons. The van der Waals surface area contributed by atoms with Crippen molar-refractivity contribution in [3.63, 3.8) is 0 Å². The van der Waals surface area contributed by atoms with Gasteiger partial charge in [0.1, 0.15) is 6.54 Å². The van der Waals surface area contributed by atoms with E-state index in [4.69, 9.17) is 11.6 Å². The highest BCUT2D eigenvalue weighted by Crippen LogP contribution is 2.36. The van der Waals surface area contributed by atoms with E-state index in [0.29, 0.717) is 11.3 Å². The van der Waals surface area contributed by atoms with Crippen molar-refractivity contribution in [2.75, 3.05) is 11.4 Å². The number of benzene rings is 3. The lowest BCUT2D eigenvalue weighted by Crippen LogP contribution is -2.37. The summed E-state index contributed by atoms with van der Waals surface area (Å²) in [6, 6.07) is 14.9. The number of amides is 2. The number of non-ortho nitro benzene ring substituents is 1. The van der Waals surface area contributed by atoms with Crippen LogP contribution in [0.25, 0.3) is 10.8 Å². The van der Waals surface area contributed by atoms with E-state index in [-0.39, 0.29) is 28.7 Å². The average molecular weight is 409 g/mol. The molecule has 3 aromatic carbocycles. The van der Waals surface area contributed by atoms with Crippen LogP contribution in [0.3, 0.4) is 0 Å². The Kier molecular flexibility index (Phi) is 4.69. The van der Waals surface area contributed by atoms with Gasteiger partial charge >= 0.3 is 0 Å². The topological polar surface area (TPSA) is 105 Å². The van der Waals surface area contributed by atoms with Crippen molar-refractivity contribution >= 4 is 51.8 Å². The SMILES string of the molecule is O=C(CN1C(=O)c2cccc3cccc1c23)N/N=C\c1cc([N+](=O)[O-])ccc1Cl. The number of halogens is 1. The lowest BCUT2D eigenvalue weighted by Gasteiger charge is -2.16. The predicted molar refractivity (Wildman–Crippen MR) is 109 cm³/mol. The number of nitro benzene ring substituents is 1. The smallest absolute Gasteiger partial charge is 0.270 e. The van der Waals surface area contributed by atoms with Crippen LogP contribution in [-0.2, 0) is 4.79 Å². The normalized spacial score (nSPS) is 12.7. The van der Waals surface area contributed by atoms with Gasteiger partial charge in [-0.3, -0.25) is 24.6 Å². The number of nitrogens with one attached hydrogen (secondary N) is 1. The summed E-state index contributed by atoms with van der Waals surface area (Å²) in [7, 11) is 0. The molecule has 9 heteroatoms. The molecule has 2 amide bonds. The fourth-order valence-electron chi connectivity index (χ4n) is 3.23. The van der Waals surface area contributed by atoms with Crippen molar-refractivity contribution in [1.82, 2.24) is 5.43 Å². The maximum Gasteiger partial charge on any atom is 0.270 e. The van der Waals surface area contributed by atoms with Crippen LogP contribution in [0.1, 0.15) is 15.9 Å². The van der Waals surface area contributed by atoms with Crippen LogP contribution in [0.4, 0.5) is 11.4 Å². The van der Waals surface area contributed by atoms with Gasteiger partial charge in [-0.1, -0.05) is 35.9 Å². The van der Waals surface area contributed by atoms with E-state index >= 15 is 0 Å². The van der Waals surface area contributed by atoms with Gasteiger partial charge < -0.3 is 0 Å². The molecule has 144 valence electrons. The van der Waals surface area contributed by atoms with Crippen molar-refractivity contribution in [1.29, 1.82) is 0 Å². The second-order valence-corrected chi connectivity index (χ2v) is 6.74. The summed E-state index contributed by atoms with van der Waals surface area (Å²) in [6.45, 7) is -0.216. The number of hydrazone groups is 1. The van der Waals surface area contributed by atoms with Crippen LogP contribution in [0.5, 0.6) is 0 Å². The van der Waals surface area contributed by atoms with Crippen LogP contribution < -0.4 is 10.3 Å². The number of nitrogens with zero attached hydrogens (tertiary/aromatic N) is 3. The maximum atomic E-state index is 12.7. The lowest BCUT2D eigenvalue weighted by molar-refractivity contribution is -0.384. The molecule has 0 atom stereocenters. The highest BCUT2D eigenvalue weighted by atomic mass is 35.5. The van der Waals surface area contributed by atoms with Crippen molar-refractivity contribution in [3.8, 4) is 0 Å². The molecule has 29 heavy (non-hydrogen) atoms.